The maximum absolute atomic E-state index is 13.0. The van der Waals surface area contributed by atoms with Gasteiger partial charge in [0.1, 0.15) is 0 Å². The molecule has 2 aromatic rings. The summed E-state index contributed by atoms with van der Waals surface area (Å²) in [5.41, 5.74) is 1.09. The first-order valence-corrected chi connectivity index (χ1v) is 12.3. The molecule has 32 heavy (non-hydrogen) atoms. The number of halogens is 1. The van der Waals surface area contributed by atoms with Gasteiger partial charge in [0.05, 0.1) is 15.5 Å². The van der Waals surface area contributed by atoms with Crippen LogP contribution in [0.1, 0.15) is 52.8 Å². The minimum Gasteiger partial charge on any atom is -0.345 e. The molecular weight excluding hydrogens is 450 g/mol. The van der Waals surface area contributed by atoms with Crippen molar-refractivity contribution in [3.05, 3.63) is 58.6 Å². The van der Waals surface area contributed by atoms with Crippen molar-refractivity contribution in [2.45, 2.75) is 43.0 Å². The van der Waals surface area contributed by atoms with Gasteiger partial charge < -0.3 is 10.2 Å². The van der Waals surface area contributed by atoms with E-state index in [0.29, 0.717) is 16.8 Å². The largest absolute Gasteiger partial charge is 0.345 e. The second-order valence-corrected chi connectivity index (χ2v) is 10.6. The molecule has 0 bridgehead atoms. The number of carbonyl (C=O) groups is 2. The fraction of sp³-hybridized carbons (Fsp3) is 0.391. The fourth-order valence-corrected chi connectivity index (χ4v) is 5.47. The van der Waals surface area contributed by atoms with Crippen LogP contribution in [0.3, 0.4) is 0 Å². The Bertz CT molecular complexity index is 1090. The van der Waals surface area contributed by atoms with Crippen LogP contribution in [0.5, 0.6) is 0 Å². The van der Waals surface area contributed by atoms with Crippen molar-refractivity contribution in [2.75, 3.05) is 26.5 Å². The molecule has 0 atom stereocenters. The van der Waals surface area contributed by atoms with E-state index in [-0.39, 0.29) is 21.9 Å². The summed E-state index contributed by atoms with van der Waals surface area (Å²) in [5, 5.41) is 2.95. The molecule has 1 N–H and O–H groups in total. The fourth-order valence-electron chi connectivity index (χ4n) is 3.80. The Morgan fingerprint density at radius 1 is 0.969 bits per heavy atom. The van der Waals surface area contributed by atoms with Gasteiger partial charge in [0.15, 0.2) is 0 Å². The zero-order valence-electron chi connectivity index (χ0n) is 18.5. The second-order valence-electron chi connectivity index (χ2n) is 8.19. The molecule has 0 heterocycles. The van der Waals surface area contributed by atoms with E-state index in [1.807, 2.05) is 0 Å². The number of anilines is 1. The number of rotatable bonds is 6. The summed E-state index contributed by atoms with van der Waals surface area (Å²) in [6.07, 6.45) is 4.97. The number of sulfonamides is 1. The van der Waals surface area contributed by atoms with E-state index in [1.54, 1.807) is 33.3 Å². The van der Waals surface area contributed by atoms with Gasteiger partial charge in [-0.2, -0.15) is 4.31 Å². The van der Waals surface area contributed by atoms with Crippen molar-refractivity contribution in [3.63, 3.8) is 0 Å². The summed E-state index contributed by atoms with van der Waals surface area (Å²) in [5.74, 6) is -0.639. The number of carbonyl (C=O) groups excluding carboxylic acids is 2. The van der Waals surface area contributed by atoms with Crippen molar-refractivity contribution < 1.29 is 18.0 Å². The van der Waals surface area contributed by atoms with Crippen molar-refractivity contribution in [3.8, 4) is 0 Å². The Balaban J connectivity index is 1.71. The van der Waals surface area contributed by atoms with Gasteiger partial charge in [0.25, 0.3) is 11.8 Å². The quantitative estimate of drug-likeness (QED) is 0.673. The number of hydrogen-bond donors (Lipinski definition) is 1. The highest BCUT2D eigenvalue weighted by Gasteiger charge is 2.29. The summed E-state index contributed by atoms with van der Waals surface area (Å²) >= 11 is 6.19. The molecule has 3 rings (SSSR count). The Labute approximate surface area is 194 Å². The Morgan fingerprint density at radius 2 is 1.59 bits per heavy atom. The molecule has 1 fully saturated rings. The smallest absolute Gasteiger partial charge is 0.255 e. The lowest BCUT2D eigenvalue weighted by Gasteiger charge is -2.30. The molecule has 172 valence electrons. The van der Waals surface area contributed by atoms with Crippen LogP contribution in [0, 0.1) is 0 Å². The summed E-state index contributed by atoms with van der Waals surface area (Å²) in [4.78, 5) is 26.3. The molecule has 1 saturated carbocycles. The normalized spacial score (nSPS) is 14.9. The van der Waals surface area contributed by atoms with E-state index in [0.717, 1.165) is 32.1 Å². The molecule has 0 unspecified atom stereocenters. The zero-order valence-corrected chi connectivity index (χ0v) is 20.0. The van der Waals surface area contributed by atoms with Crippen molar-refractivity contribution >= 4 is 39.1 Å². The van der Waals surface area contributed by atoms with Crippen molar-refractivity contribution in [1.82, 2.24) is 9.21 Å². The number of amides is 2. The second kappa shape index (κ2) is 10.0. The van der Waals surface area contributed by atoms with Gasteiger partial charge in [0.2, 0.25) is 10.0 Å². The SMILES string of the molecule is CN(C)C(=O)c1ccc(NC(=O)c2ccc(S(=O)(=O)N(C)C3CCCCC3)cc2)cc1Cl. The maximum atomic E-state index is 13.0. The highest BCUT2D eigenvalue weighted by Crippen LogP contribution is 2.27. The van der Waals surface area contributed by atoms with Gasteiger partial charge in [-0.25, -0.2) is 8.42 Å². The lowest BCUT2D eigenvalue weighted by Crippen LogP contribution is -2.38. The van der Waals surface area contributed by atoms with Crippen LogP contribution >= 0.6 is 11.6 Å². The predicted molar refractivity (Wildman–Crippen MR) is 126 cm³/mol. The first-order chi connectivity index (χ1) is 15.1. The lowest BCUT2D eigenvalue weighted by atomic mass is 9.96. The highest BCUT2D eigenvalue weighted by atomic mass is 35.5. The molecule has 1 aliphatic carbocycles. The summed E-state index contributed by atoms with van der Waals surface area (Å²) < 4.78 is 27.4. The van der Waals surface area contributed by atoms with Gasteiger partial charge in [-0.15, -0.1) is 0 Å². The summed E-state index contributed by atoms with van der Waals surface area (Å²) in [6.45, 7) is 0. The molecule has 9 heteroatoms. The highest BCUT2D eigenvalue weighted by molar-refractivity contribution is 7.89. The molecule has 0 aromatic heterocycles. The molecule has 0 radical (unpaired) electrons. The predicted octanol–water partition coefficient (Wildman–Crippen LogP) is 4.25. The van der Waals surface area contributed by atoms with Gasteiger partial charge >= 0.3 is 0 Å². The number of hydrogen-bond acceptors (Lipinski definition) is 4. The Hall–Kier alpha value is -2.42. The van der Waals surface area contributed by atoms with E-state index in [9.17, 15) is 18.0 Å². The van der Waals surface area contributed by atoms with Crippen molar-refractivity contribution in [1.29, 1.82) is 0 Å². The Kier molecular flexibility index (Phi) is 7.59. The first-order valence-electron chi connectivity index (χ1n) is 10.5. The third kappa shape index (κ3) is 5.31. The zero-order chi connectivity index (χ0) is 23.5. The van der Waals surface area contributed by atoms with Crippen LogP contribution in [0.25, 0.3) is 0 Å². The van der Waals surface area contributed by atoms with Gasteiger partial charge in [0, 0.05) is 38.4 Å². The van der Waals surface area contributed by atoms with E-state index in [4.69, 9.17) is 11.6 Å². The average molecular weight is 478 g/mol. The van der Waals surface area contributed by atoms with E-state index in [1.165, 1.54) is 39.5 Å². The minimum absolute atomic E-state index is 0.0174. The molecule has 7 nitrogen and oxygen atoms in total. The maximum Gasteiger partial charge on any atom is 0.255 e. The summed E-state index contributed by atoms with van der Waals surface area (Å²) in [7, 11) is 1.27. The Morgan fingerprint density at radius 3 is 2.16 bits per heavy atom. The molecule has 0 aliphatic heterocycles. The van der Waals surface area contributed by atoms with Crippen LogP contribution in [0.2, 0.25) is 5.02 Å². The van der Waals surface area contributed by atoms with Crippen LogP contribution in [0.15, 0.2) is 47.4 Å². The number of benzene rings is 2. The standard InChI is InChI=1S/C23H28ClN3O4S/c1-26(2)23(29)20-14-11-17(15-21(20)24)25-22(28)16-9-12-19(13-10-16)32(30,31)27(3)18-7-5-4-6-8-18/h9-15,18H,4-8H2,1-3H3,(H,25,28). The first kappa shape index (κ1) is 24.2. The van der Waals surface area contributed by atoms with Crippen molar-refractivity contribution in [2.24, 2.45) is 0 Å². The summed E-state index contributed by atoms with van der Waals surface area (Å²) in [6, 6.07) is 10.6. The molecule has 2 aromatic carbocycles. The molecule has 1 aliphatic rings. The van der Waals surface area contributed by atoms with E-state index >= 15 is 0 Å². The molecule has 0 saturated heterocycles. The molecule has 0 spiro atoms. The van der Waals surface area contributed by atoms with E-state index < -0.39 is 15.9 Å². The van der Waals surface area contributed by atoms with Crippen LogP contribution in [0.4, 0.5) is 5.69 Å². The van der Waals surface area contributed by atoms with Crippen LogP contribution < -0.4 is 5.32 Å². The third-order valence-corrected chi connectivity index (χ3v) is 7.98. The average Bonchev–Trinajstić information content (AvgIpc) is 2.78. The van der Waals surface area contributed by atoms with Crippen LogP contribution in [-0.4, -0.2) is 56.6 Å². The van der Waals surface area contributed by atoms with Gasteiger partial charge in [-0.1, -0.05) is 30.9 Å². The third-order valence-electron chi connectivity index (χ3n) is 5.75. The van der Waals surface area contributed by atoms with E-state index in [2.05, 4.69) is 5.32 Å². The minimum atomic E-state index is -3.62. The van der Waals surface area contributed by atoms with Gasteiger partial charge in [-0.05, 0) is 55.3 Å². The molecule has 2 amide bonds. The van der Waals surface area contributed by atoms with Crippen LogP contribution in [-0.2, 0) is 10.0 Å². The monoisotopic (exact) mass is 477 g/mol. The number of nitrogens with zero attached hydrogens (tertiary/aromatic N) is 2. The topological polar surface area (TPSA) is 86.8 Å². The number of nitrogens with one attached hydrogen (secondary N) is 1. The lowest BCUT2D eigenvalue weighted by molar-refractivity contribution is 0.0827. The molecular formula is C23H28ClN3O4S. The van der Waals surface area contributed by atoms with Gasteiger partial charge in [-0.3, -0.25) is 9.59 Å².